The third-order valence-corrected chi connectivity index (χ3v) is 21.2. The van der Waals surface area contributed by atoms with E-state index >= 15 is 0 Å². The summed E-state index contributed by atoms with van der Waals surface area (Å²) in [6.07, 6.45) is 19.1. The number of hydrogen-bond acceptors (Lipinski definition) is 13. The lowest BCUT2D eigenvalue weighted by atomic mass is 9.56. The Morgan fingerprint density at radius 3 is 2.51 bits per heavy atom. The van der Waals surface area contributed by atoms with E-state index in [1.165, 1.54) is 6.42 Å². The van der Waals surface area contributed by atoms with Crippen LogP contribution in [0.2, 0.25) is 0 Å². The van der Waals surface area contributed by atoms with Gasteiger partial charge in [-0.05, 0) is 221 Å². The molecular weight excluding hydrogens is 981 g/mol. The maximum atomic E-state index is 12.8. The van der Waals surface area contributed by atoms with Gasteiger partial charge in [-0.2, -0.15) is 0 Å². The zero-order chi connectivity index (χ0) is 54.5. The maximum Gasteiger partial charge on any atom is 0.188 e. The summed E-state index contributed by atoms with van der Waals surface area (Å²) in [6.45, 7) is 9.51. The van der Waals surface area contributed by atoms with Crippen molar-refractivity contribution < 1.29 is 44.5 Å². The normalized spacial score (nSPS) is 35.8. The summed E-state index contributed by atoms with van der Waals surface area (Å²) < 4.78 is 27.1. The Labute approximate surface area is 464 Å². The van der Waals surface area contributed by atoms with Crippen LogP contribution < -0.4 is 30.6 Å². The van der Waals surface area contributed by atoms with E-state index in [9.17, 15) is 25.5 Å². The fourth-order valence-corrected chi connectivity index (χ4v) is 17.5. The highest BCUT2D eigenvalue weighted by Gasteiger charge is 2.61. The molecule has 14 unspecified atom stereocenters. The van der Waals surface area contributed by atoms with Crippen LogP contribution in [0.3, 0.4) is 0 Å². The van der Waals surface area contributed by atoms with Gasteiger partial charge in [-0.3, -0.25) is 4.99 Å². The van der Waals surface area contributed by atoms with Gasteiger partial charge < -0.3 is 60.8 Å². The van der Waals surface area contributed by atoms with Crippen molar-refractivity contribution in [3.05, 3.63) is 76.4 Å². The molecule has 3 saturated carbocycles. The zero-order valence-corrected chi connectivity index (χ0v) is 47.4. The summed E-state index contributed by atoms with van der Waals surface area (Å²) in [4.78, 5) is 5.26. The summed E-state index contributed by atoms with van der Waals surface area (Å²) in [5.41, 5.74) is 13.4. The molecule has 3 spiro atoms. The van der Waals surface area contributed by atoms with E-state index in [2.05, 4.69) is 56.7 Å². The highest BCUT2D eigenvalue weighted by atomic mass is 16.5. The predicted molar refractivity (Wildman–Crippen MR) is 305 cm³/mol. The second kappa shape index (κ2) is 22.8. The van der Waals surface area contributed by atoms with E-state index in [1.54, 1.807) is 13.2 Å². The third-order valence-electron chi connectivity index (χ3n) is 21.2. The Hall–Kier alpha value is -4.53. The molecule has 0 amide bonds. The van der Waals surface area contributed by atoms with Crippen molar-refractivity contribution >= 4 is 5.96 Å². The number of nitrogens with zero attached hydrogens (tertiary/aromatic N) is 1. The van der Waals surface area contributed by atoms with Crippen molar-refractivity contribution in [2.45, 2.75) is 179 Å². The standard InChI is InChI=1S/C65H92N4O9/c1-6-40-24-42-12-11-41(40)25-47(71)33-64(18-8-17-63(64)20-22-76-65(36-63)19-15-39(32-65)34-67-4)37-69-62(66)68-21-16-48-44(35-70)9-7-10-55(48)77-57-29-43(13-14-52(57)72)61-54(74)30-51-56(78-61)31-58(75-5)60-50-27-46(23-38(2)3)53(73)28-45(50)26-49(42)59(51)60/h11-14,27-29,31,38-42,44,47-49,54-55,61,67,70-74H,6-10,15-26,30,32-37H2,1-5H3,(H3,66,68,69). The minimum Gasteiger partial charge on any atom is -0.508 e. The van der Waals surface area contributed by atoms with Crippen LogP contribution in [0.25, 0.3) is 11.1 Å². The summed E-state index contributed by atoms with van der Waals surface area (Å²) in [5.74, 6) is 4.01. The number of aromatic hydroxyl groups is 2. The topological polar surface area (TPSA) is 201 Å². The van der Waals surface area contributed by atoms with Gasteiger partial charge in [0.15, 0.2) is 17.5 Å². The van der Waals surface area contributed by atoms with Crippen LogP contribution in [-0.2, 0) is 24.0 Å². The number of benzene rings is 3. The number of aliphatic imine (C=N–C) groups is 1. The first-order valence-corrected chi connectivity index (χ1v) is 30.4. The van der Waals surface area contributed by atoms with Gasteiger partial charge in [-0.25, -0.2) is 0 Å². The lowest BCUT2D eigenvalue weighted by molar-refractivity contribution is -0.158. The van der Waals surface area contributed by atoms with E-state index in [-0.39, 0.29) is 64.5 Å². The average Bonchev–Trinajstić information content (AvgIpc) is 4.01. The van der Waals surface area contributed by atoms with E-state index in [0.29, 0.717) is 97.5 Å². The van der Waals surface area contributed by atoms with Gasteiger partial charge in [0, 0.05) is 55.8 Å². The molecule has 0 aromatic heterocycles. The van der Waals surface area contributed by atoms with Crippen LogP contribution in [0.15, 0.2) is 53.5 Å². The molecule has 78 heavy (non-hydrogen) atoms. The monoisotopic (exact) mass is 1070 g/mol. The number of ether oxygens (including phenoxy) is 4. The smallest absolute Gasteiger partial charge is 0.188 e. The molecule has 14 atom stereocenters. The Bertz CT molecular complexity index is 2690. The highest BCUT2D eigenvalue weighted by molar-refractivity contribution is 5.84. The number of nitrogens with two attached hydrogens (primary N) is 1. The molecular formula is C65H92N4O9. The van der Waals surface area contributed by atoms with Crippen LogP contribution in [0.4, 0.5) is 0 Å². The predicted octanol–water partition coefficient (Wildman–Crippen LogP) is 10.2. The van der Waals surface area contributed by atoms with Crippen molar-refractivity contribution in [2.24, 2.45) is 63.0 Å². The molecule has 1 saturated heterocycles. The maximum absolute atomic E-state index is 12.8. The molecule has 13 heteroatoms. The molecule has 5 aliphatic carbocycles. The van der Waals surface area contributed by atoms with Crippen LogP contribution in [0.1, 0.15) is 163 Å². The molecule has 8 bridgehead atoms. The molecule has 3 aromatic carbocycles. The van der Waals surface area contributed by atoms with Gasteiger partial charge in [0.2, 0.25) is 0 Å². The number of rotatable bonds is 7. The molecule has 3 aromatic rings. The molecule has 426 valence electrons. The number of hydrogen-bond donors (Lipinski definition) is 8. The van der Waals surface area contributed by atoms with E-state index < -0.39 is 18.3 Å². The minimum absolute atomic E-state index is 0.00341. The Balaban J connectivity index is 0.999. The number of phenolic OH excluding ortho intramolecular Hbond substituents is 2. The number of phenols is 2. The van der Waals surface area contributed by atoms with E-state index in [1.807, 2.05) is 24.3 Å². The van der Waals surface area contributed by atoms with Gasteiger partial charge in [0.25, 0.3) is 0 Å². The van der Waals surface area contributed by atoms with Crippen molar-refractivity contribution in [1.29, 1.82) is 0 Å². The number of fused-ring (bicyclic) bond motifs is 2. The van der Waals surface area contributed by atoms with Crippen molar-refractivity contribution in [3.63, 3.8) is 0 Å². The summed E-state index contributed by atoms with van der Waals surface area (Å²) >= 11 is 0. The third kappa shape index (κ3) is 10.5. The van der Waals surface area contributed by atoms with Gasteiger partial charge >= 0.3 is 0 Å². The van der Waals surface area contributed by atoms with Gasteiger partial charge in [0.05, 0.1) is 24.9 Å². The molecule has 0 radical (unpaired) electrons. The van der Waals surface area contributed by atoms with Crippen LogP contribution in [0.5, 0.6) is 28.7 Å². The van der Waals surface area contributed by atoms with Gasteiger partial charge in [-0.15, -0.1) is 0 Å². The SMILES string of the molecule is CCC1CC2C=CC1CC(O)CC1(CCCC13CCOC1(CCC(CNC)C1)C3)CN=C(N)NCCC1C(CO)CCCC1Oc1cc(ccc1O)C1Oc3cc(OC)c4c(c3CC1O)C2Cc1cc(O)c(CC(C)C)cc1-4. The van der Waals surface area contributed by atoms with E-state index in [0.717, 1.165) is 130 Å². The van der Waals surface area contributed by atoms with Crippen LogP contribution in [-0.4, -0.2) is 102 Å². The number of allylic oxidation sites excluding steroid dienone is 2. The molecule has 6 heterocycles. The van der Waals surface area contributed by atoms with Crippen molar-refractivity contribution in [3.8, 4) is 39.9 Å². The Kier molecular flexibility index (Phi) is 16.2. The fourth-order valence-electron chi connectivity index (χ4n) is 17.5. The number of aliphatic hydroxyl groups excluding tert-OH is 3. The molecule has 9 N–H and O–H groups in total. The second-order valence-corrected chi connectivity index (χ2v) is 26.3. The second-order valence-electron chi connectivity index (χ2n) is 26.3. The summed E-state index contributed by atoms with van der Waals surface area (Å²) in [6, 6.07) is 11.4. The van der Waals surface area contributed by atoms with Crippen molar-refractivity contribution in [1.82, 2.24) is 10.6 Å². The first kappa shape index (κ1) is 55.4. The minimum atomic E-state index is -0.915. The Morgan fingerprint density at radius 2 is 1.72 bits per heavy atom. The van der Waals surface area contributed by atoms with Gasteiger partial charge in [-0.1, -0.05) is 51.8 Å². The first-order valence-electron chi connectivity index (χ1n) is 30.4. The first-order chi connectivity index (χ1) is 37.7. The number of guanidine groups is 1. The zero-order valence-electron chi connectivity index (χ0n) is 47.4. The van der Waals surface area contributed by atoms with Crippen molar-refractivity contribution in [2.75, 3.05) is 47.0 Å². The Morgan fingerprint density at radius 1 is 0.885 bits per heavy atom. The number of aliphatic hydroxyl groups is 3. The van der Waals surface area contributed by atoms with Gasteiger partial charge in [0.1, 0.15) is 29.5 Å². The fraction of sp³-hybridized carbons (Fsp3) is 0.677. The summed E-state index contributed by atoms with van der Waals surface area (Å²) in [5, 5.41) is 65.9. The molecule has 14 rings (SSSR count). The average molecular weight is 1070 g/mol. The number of nitrogens with one attached hydrogen (secondary N) is 2. The largest absolute Gasteiger partial charge is 0.508 e. The summed E-state index contributed by atoms with van der Waals surface area (Å²) in [7, 11) is 3.77. The van der Waals surface area contributed by atoms with Crippen LogP contribution >= 0.6 is 0 Å². The molecule has 4 fully saturated rings. The van der Waals surface area contributed by atoms with Crippen LogP contribution in [0, 0.1) is 52.3 Å². The lowest BCUT2D eigenvalue weighted by Crippen LogP contribution is -2.52. The molecule has 13 nitrogen and oxygen atoms in total. The molecule has 11 aliphatic rings. The highest BCUT2D eigenvalue weighted by Crippen LogP contribution is 2.65. The van der Waals surface area contributed by atoms with E-state index in [4.69, 9.17) is 29.7 Å². The quantitative estimate of drug-likeness (QED) is 0.104. The lowest BCUT2D eigenvalue weighted by Gasteiger charge is -2.54. The molecule has 6 aliphatic heterocycles. The number of methoxy groups -OCH3 is 1.